The van der Waals surface area contributed by atoms with E-state index in [1.54, 1.807) is 12.1 Å². The van der Waals surface area contributed by atoms with Crippen LogP contribution in [0, 0.1) is 0 Å². The van der Waals surface area contributed by atoms with E-state index in [1.165, 1.54) is 0 Å². The molecule has 0 aliphatic rings. The van der Waals surface area contributed by atoms with E-state index >= 15 is 0 Å². The Kier molecular flexibility index (Phi) is 5.82. The van der Waals surface area contributed by atoms with Gasteiger partial charge in [0.1, 0.15) is 0 Å². The molecule has 120 valence electrons. The summed E-state index contributed by atoms with van der Waals surface area (Å²) in [6.45, 7) is 7.05. The topological polar surface area (TPSA) is 15.3 Å². The molecule has 1 atom stereocenters. The van der Waals surface area contributed by atoms with Gasteiger partial charge in [0.05, 0.1) is 11.6 Å². The Morgan fingerprint density at radius 1 is 1.10 bits per heavy atom. The maximum atomic E-state index is 12.7. The van der Waals surface area contributed by atoms with Crippen LogP contribution in [0.4, 0.5) is 13.2 Å². The van der Waals surface area contributed by atoms with E-state index in [1.807, 2.05) is 14.1 Å². The monoisotopic (exact) mass is 302 g/mol. The zero-order valence-electron chi connectivity index (χ0n) is 13.4. The van der Waals surface area contributed by atoms with E-state index in [-0.39, 0.29) is 11.6 Å². The van der Waals surface area contributed by atoms with Crippen LogP contribution in [0.15, 0.2) is 24.3 Å². The highest BCUT2D eigenvalue weighted by molar-refractivity contribution is 5.28. The Hall–Kier alpha value is -1.07. The van der Waals surface area contributed by atoms with Crippen molar-refractivity contribution in [1.29, 1.82) is 0 Å². The summed E-state index contributed by atoms with van der Waals surface area (Å²) in [5.74, 6) is 0. The second kappa shape index (κ2) is 6.79. The maximum absolute atomic E-state index is 12.7. The summed E-state index contributed by atoms with van der Waals surface area (Å²) in [6.07, 6.45) is -3.32. The van der Waals surface area contributed by atoms with Gasteiger partial charge in [-0.3, -0.25) is 0 Å². The lowest BCUT2D eigenvalue weighted by atomic mass is 9.87. The molecule has 0 heterocycles. The third-order valence-electron chi connectivity index (χ3n) is 4.03. The lowest BCUT2D eigenvalue weighted by Crippen LogP contribution is -2.49. The Morgan fingerprint density at radius 2 is 1.62 bits per heavy atom. The van der Waals surface area contributed by atoms with Crippen molar-refractivity contribution in [3.8, 4) is 0 Å². The fourth-order valence-electron chi connectivity index (χ4n) is 2.19. The lowest BCUT2D eigenvalue weighted by Gasteiger charge is -2.41. The predicted octanol–water partition coefficient (Wildman–Crippen LogP) is 4.09. The van der Waals surface area contributed by atoms with Gasteiger partial charge in [0.15, 0.2) is 0 Å². The number of nitrogens with zero attached hydrogens (tertiary/aromatic N) is 1. The van der Waals surface area contributed by atoms with Crippen LogP contribution < -0.4 is 5.32 Å². The normalized spacial score (nSPS) is 14.5. The van der Waals surface area contributed by atoms with E-state index in [0.717, 1.165) is 30.7 Å². The zero-order valence-corrected chi connectivity index (χ0v) is 13.4. The number of nitrogens with one attached hydrogen (secondary N) is 1. The number of hydrogen-bond donors (Lipinski definition) is 1. The number of benzene rings is 1. The van der Waals surface area contributed by atoms with E-state index in [0.29, 0.717) is 0 Å². The summed E-state index contributed by atoms with van der Waals surface area (Å²) >= 11 is 0. The minimum absolute atomic E-state index is 0.0327. The molecule has 0 aliphatic carbocycles. The Morgan fingerprint density at radius 3 is 2.00 bits per heavy atom. The standard InChI is InChI=1S/C16H25F3N2/c1-6-11-20-14(15(2,3)21(4)5)12-7-9-13(10-8-12)16(17,18)19/h7-10,14,20H,6,11H2,1-5H3. The Labute approximate surface area is 125 Å². The van der Waals surface area contributed by atoms with Crippen molar-refractivity contribution < 1.29 is 13.2 Å². The molecule has 0 fully saturated rings. The van der Waals surface area contributed by atoms with Gasteiger partial charge in [0.2, 0.25) is 0 Å². The molecule has 0 aliphatic heterocycles. The van der Waals surface area contributed by atoms with E-state index < -0.39 is 11.7 Å². The third kappa shape index (κ3) is 4.45. The van der Waals surface area contributed by atoms with Crippen LogP contribution in [0.2, 0.25) is 0 Å². The first-order valence-corrected chi connectivity index (χ1v) is 7.18. The Balaban J connectivity index is 3.09. The largest absolute Gasteiger partial charge is 0.416 e. The minimum atomic E-state index is -4.29. The summed E-state index contributed by atoms with van der Waals surface area (Å²) in [4.78, 5) is 2.08. The zero-order chi connectivity index (χ0) is 16.3. The van der Waals surface area contributed by atoms with Crippen LogP contribution in [0.25, 0.3) is 0 Å². The molecule has 0 radical (unpaired) electrons. The first-order chi connectivity index (χ1) is 9.60. The molecule has 0 bridgehead atoms. The maximum Gasteiger partial charge on any atom is 0.416 e. The second-order valence-corrected chi connectivity index (χ2v) is 6.05. The molecular weight excluding hydrogens is 277 g/mol. The molecule has 21 heavy (non-hydrogen) atoms. The number of likely N-dealkylation sites (N-methyl/N-ethyl adjacent to an activating group) is 1. The van der Waals surface area contributed by atoms with Gasteiger partial charge in [0, 0.05) is 5.54 Å². The molecule has 0 amide bonds. The molecule has 0 spiro atoms. The van der Waals surface area contributed by atoms with Crippen molar-refractivity contribution in [2.75, 3.05) is 20.6 Å². The minimum Gasteiger partial charge on any atom is -0.308 e. The molecule has 1 aromatic carbocycles. The summed E-state index contributed by atoms with van der Waals surface area (Å²) in [6, 6.07) is 5.42. The molecule has 0 aromatic heterocycles. The third-order valence-corrected chi connectivity index (χ3v) is 4.03. The first kappa shape index (κ1) is 18.0. The van der Waals surface area contributed by atoms with Crippen molar-refractivity contribution in [1.82, 2.24) is 10.2 Å². The summed E-state index contributed by atoms with van der Waals surface area (Å²) in [5.41, 5.74) is 0.0489. The van der Waals surface area contributed by atoms with Crippen LogP contribution in [-0.4, -0.2) is 31.1 Å². The van der Waals surface area contributed by atoms with Gasteiger partial charge in [-0.2, -0.15) is 13.2 Å². The van der Waals surface area contributed by atoms with Crippen molar-refractivity contribution in [3.05, 3.63) is 35.4 Å². The van der Waals surface area contributed by atoms with Crippen molar-refractivity contribution in [2.24, 2.45) is 0 Å². The SMILES string of the molecule is CCCNC(c1ccc(C(F)(F)F)cc1)C(C)(C)N(C)C. The van der Waals surface area contributed by atoms with Crippen LogP contribution in [0.1, 0.15) is 44.4 Å². The van der Waals surface area contributed by atoms with Crippen LogP contribution >= 0.6 is 0 Å². The molecule has 2 nitrogen and oxygen atoms in total. The van der Waals surface area contributed by atoms with Gasteiger partial charge < -0.3 is 10.2 Å². The van der Waals surface area contributed by atoms with Crippen molar-refractivity contribution in [2.45, 2.75) is 44.9 Å². The quantitative estimate of drug-likeness (QED) is 0.851. The molecule has 1 aromatic rings. The molecule has 1 N–H and O–H groups in total. The molecule has 1 rings (SSSR count). The number of hydrogen-bond acceptors (Lipinski definition) is 2. The van der Waals surface area contributed by atoms with Crippen LogP contribution in [-0.2, 0) is 6.18 Å². The highest BCUT2D eigenvalue weighted by Crippen LogP contribution is 2.33. The summed E-state index contributed by atoms with van der Waals surface area (Å²) in [5, 5.41) is 3.44. The first-order valence-electron chi connectivity index (χ1n) is 7.18. The van der Waals surface area contributed by atoms with Crippen molar-refractivity contribution >= 4 is 0 Å². The fraction of sp³-hybridized carbons (Fsp3) is 0.625. The molecule has 0 saturated heterocycles. The second-order valence-electron chi connectivity index (χ2n) is 6.05. The molecule has 5 heteroatoms. The average Bonchev–Trinajstić information content (AvgIpc) is 2.38. The van der Waals surface area contributed by atoms with Gasteiger partial charge >= 0.3 is 6.18 Å². The van der Waals surface area contributed by atoms with Crippen LogP contribution in [0.5, 0.6) is 0 Å². The Bertz CT molecular complexity index is 436. The van der Waals surface area contributed by atoms with Crippen molar-refractivity contribution in [3.63, 3.8) is 0 Å². The smallest absolute Gasteiger partial charge is 0.308 e. The molecule has 1 unspecified atom stereocenters. The highest BCUT2D eigenvalue weighted by Gasteiger charge is 2.34. The molecular formula is C16H25F3N2. The van der Waals surface area contributed by atoms with Gasteiger partial charge in [-0.1, -0.05) is 19.1 Å². The van der Waals surface area contributed by atoms with E-state index in [9.17, 15) is 13.2 Å². The van der Waals surface area contributed by atoms with Gasteiger partial charge in [-0.05, 0) is 58.6 Å². The van der Waals surface area contributed by atoms with Crippen LogP contribution in [0.3, 0.4) is 0 Å². The predicted molar refractivity (Wildman–Crippen MR) is 80.2 cm³/mol. The van der Waals surface area contributed by atoms with Gasteiger partial charge in [0.25, 0.3) is 0 Å². The average molecular weight is 302 g/mol. The lowest BCUT2D eigenvalue weighted by molar-refractivity contribution is -0.137. The van der Waals surface area contributed by atoms with Gasteiger partial charge in [-0.25, -0.2) is 0 Å². The highest BCUT2D eigenvalue weighted by atomic mass is 19.4. The number of halogens is 3. The summed E-state index contributed by atoms with van der Waals surface area (Å²) < 4.78 is 38.0. The number of alkyl halides is 3. The molecule has 0 saturated carbocycles. The van der Waals surface area contributed by atoms with E-state index in [2.05, 4.69) is 31.0 Å². The number of rotatable bonds is 6. The van der Waals surface area contributed by atoms with E-state index in [4.69, 9.17) is 0 Å². The summed E-state index contributed by atoms with van der Waals surface area (Å²) in [7, 11) is 3.95. The fourth-order valence-corrected chi connectivity index (χ4v) is 2.19. The van der Waals surface area contributed by atoms with Gasteiger partial charge in [-0.15, -0.1) is 0 Å².